The number of rotatable bonds is 4. The van der Waals surface area contributed by atoms with Gasteiger partial charge < -0.3 is 15.5 Å². The number of carbonyl (C=O) groups excluding carboxylic acids is 1. The summed E-state index contributed by atoms with van der Waals surface area (Å²) >= 11 is 3.50. The smallest absolute Gasteiger partial charge is 0.258 e. The Morgan fingerprint density at radius 2 is 1.89 bits per heavy atom. The molecule has 0 aromatic heterocycles. The number of alkyl halides is 1. The number of hydrogen-bond donors (Lipinski definition) is 3. The van der Waals surface area contributed by atoms with Gasteiger partial charge >= 0.3 is 0 Å². The maximum Gasteiger partial charge on any atom is 0.258 e. The van der Waals surface area contributed by atoms with Gasteiger partial charge in [-0.3, -0.25) is 4.79 Å². The molecule has 1 aliphatic carbocycles. The summed E-state index contributed by atoms with van der Waals surface area (Å²) in [5.74, 6) is 0.257. The number of amides is 1. The van der Waals surface area contributed by atoms with E-state index in [-0.39, 0.29) is 17.1 Å². The van der Waals surface area contributed by atoms with Crippen LogP contribution in [0.5, 0.6) is 11.5 Å². The molecule has 0 aliphatic heterocycles. The second-order valence-electron chi connectivity index (χ2n) is 4.99. The Hall–Kier alpha value is -1.23. The van der Waals surface area contributed by atoms with Gasteiger partial charge in [-0.25, -0.2) is 0 Å². The Kier molecular flexibility index (Phi) is 4.69. The standard InChI is InChI=1S/C14H18BrNO3/c15-7-9-3-1-4-10(9)8-16-14(19)13-11(17)5-2-6-12(13)18/h2,5-6,9-10,17-18H,1,3-4,7-8H2,(H,16,19). The lowest BCUT2D eigenvalue weighted by Crippen LogP contribution is -2.31. The van der Waals surface area contributed by atoms with Gasteiger partial charge in [0, 0.05) is 11.9 Å². The van der Waals surface area contributed by atoms with Crippen molar-refractivity contribution in [1.82, 2.24) is 5.32 Å². The van der Waals surface area contributed by atoms with E-state index in [4.69, 9.17) is 0 Å². The van der Waals surface area contributed by atoms with Crippen molar-refractivity contribution in [3.8, 4) is 11.5 Å². The van der Waals surface area contributed by atoms with Crippen LogP contribution in [-0.4, -0.2) is 28.0 Å². The molecule has 4 nitrogen and oxygen atoms in total. The highest BCUT2D eigenvalue weighted by Gasteiger charge is 2.27. The van der Waals surface area contributed by atoms with Crippen LogP contribution in [0.25, 0.3) is 0 Å². The lowest BCUT2D eigenvalue weighted by Gasteiger charge is -2.18. The zero-order chi connectivity index (χ0) is 13.8. The molecule has 0 heterocycles. The first-order chi connectivity index (χ1) is 9.13. The number of halogens is 1. The molecule has 1 aromatic carbocycles. The summed E-state index contributed by atoms with van der Waals surface area (Å²) in [7, 11) is 0. The highest BCUT2D eigenvalue weighted by Crippen LogP contribution is 2.32. The van der Waals surface area contributed by atoms with E-state index in [1.54, 1.807) is 0 Å². The summed E-state index contributed by atoms with van der Waals surface area (Å²) in [5, 5.41) is 23.0. The van der Waals surface area contributed by atoms with E-state index in [9.17, 15) is 15.0 Å². The lowest BCUT2D eigenvalue weighted by molar-refractivity contribution is 0.0939. The number of nitrogens with one attached hydrogen (secondary N) is 1. The Morgan fingerprint density at radius 1 is 1.26 bits per heavy atom. The summed E-state index contributed by atoms with van der Waals surface area (Å²) in [6.45, 7) is 0.586. The van der Waals surface area contributed by atoms with E-state index < -0.39 is 5.91 Å². The van der Waals surface area contributed by atoms with Crippen LogP contribution in [0.3, 0.4) is 0 Å². The van der Waals surface area contributed by atoms with E-state index in [1.165, 1.54) is 31.0 Å². The number of phenolic OH excluding ortho intramolecular Hbond substituents is 2. The van der Waals surface area contributed by atoms with Crippen molar-refractivity contribution >= 4 is 21.8 Å². The molecule has 0 spiro atoms. The van der Waals surface area contributed by atoms with Crippen molar-refractivity contribution in [3.63, 3.8) is 0 Å². The van der Waals surface area contributed by atoms with Gasteiger partial charge in [0.25, 0.3) is 5.91 Å². The molecule has 19 heavy (non-hydrogen) atoms. The predicted molar refractivity (Wildman–Crippen MR) is 76.7 cm³/mol. The summed E-state index contributed by atoms with van der Waals surface area (Å²) < 4.78 is 0. The van der Waals surface area contributed by atoms with Gasteiger partial charge in [-0.05, 0) is 36.8 Å². The van der Waals surface area contributed by atoms with E-state index in [0.717, 1.165) is 11.8 Å². The summed E-state index contributed by atoms with van der Waals surface area (Å²) in [6.07, 6.45) is 3.50. The molecule has 1 fully saturated rings. The summed E-state index contributed by atoms with van der Waals surface area (Å²) in [5.41, 5.74) is -0.0455. The molecule has 1 saturated carbocycles. The van der Waals surface area contributed by atoms with E-state index in [1.807, 2.05) is 0 Å². The zero-order valence-corrected chi connectivity index (χ0v) is 12.2. The van der Waals surface area contributed by atoms with Gasteiger partial charge in [-0.1, -0.05) is 28.4 Å². The molecule has 3 N–H and O–H groups in total. The van der Waals surface area contributed by atoms with Gasteiger partial charge in [-0.15, -0.1) is 0 Å². The van der Waals surface area contributed by atoms with Gasteiger partial charge in [0.15, 0.2) is 0 Å². The van der Waals surface area contributed by atoms with Crippen LogP contribution in [0.15, 0.2) is 18.2 Å². The molecule has 0 saturated heterocycles. The van der Waals surface area contributed by atoms with Crippen LogP contribution in [0.4, 0.5) is 0 Å². The Labute approximate surface area is 121 Å². The van der Waals surface area contributed by atoms with Crippen molar-refractivity contribution in [1.29, 1.82) is 0 Å². The molecule has 2 rings (SSSR count). The SMILES string of the molecule is O=C(NCC1CCCC1CBr)c1c(O)cccc1O. The maximum atomic E-state index is 12.0. The molecule has 0 bridgehead atoms. The minimum Gasteiger partial charge on any atom is -0.507 e. The first-order valence-corrected chi connectivity index (χ1v) is 7.60. The second-order valence-corrected chi connectivity index (χ2v) is 5.63. The third-order valence-corrected chi connectivity index (χ3v) is 4.62. The normalized spacial score (nSPS) is 22.4. The highest BCUT2D eigenvalue weighted by atomic mass is 79.9. The van der Waals surface area contributed by atoms with E-state index in [0.29, 0.717) is 18.4 Å². The van der Waals surface area contributed by atoms with Crippen molar-refractivity contribution in [2.45, 2.75) is 19.3 Å². The number of hydrogen-bond acceptors (Lipinski definition) is 3. The summed E-state index contributed by atoms with van der Waals surface area (Å²) in [4.78, 5) is 12.0. The van der Waals surface area contributed by atoms with Gasteiger partial charge in [-0.2, -0.15) is 0 Å². The van der Waals surface area contributed by atoms with Crippen LogP contribution in [0.2, 0.25) is 0 Å². The molecule has 2 unspecified atom stereocenters. The monoisotopic (exact) mass is 327 g/mol. The van der Waals surface area contributed by atoms with Gasteiger partial charge in [0.2, 0.25) is 0 Å². The molecule has 1 amide bonds. The van der Waals surface area contributed by atoms with Crippen molar-refractivity contribution < 1.29 is 15.0 Å². The fourth-order valence-corrected chi connectivity index (χ4v) is 3.51. The first-order valence-electron chi connectivity index (χ1n) is 6.48. The third-order valence-electron chi connectivity index (χ3n) is 3.79. The van der Waals surface area contributed by atoms with Crippen molar-refractivity contribution in [2.75, 3.05) is 11.9 Å². The average Bonchev–Trinajstić information content (AvgIpc) is 2.83. The summed E-state index contributed by atoms with van der Waals surface area (Å²) in [6, 6.07) is 4.29. The fraction of sp³-hybridized carbons (Fsp3) is 0.500. The first kappa shape index (κ1) is 14.2. The van der Waals surface area contributed by atoms with Crippen molar-refractivity contribution in [3.05, 3.63) is 23.8 Å². The minimum absolute atomic E-state index is 0.0455. The van der Waals surface area contributed by atoms with Crippen molar-refractivity contribution in [2.24, 2.45) is 11.8 Å². The Bertz CT molecular complexity index is 444. The molecular formula is C14H18BrNO3. The van der Waals surface area contributed by atoms with Crippen LogP contribution in [0, 0.1) is 11.8 Å². The lowest BCUT2D eigenvalue weighted by atomic mass is 9.98. The average molecular weight is 328 g/mol. The topological polar surface area (TPSA) is 69.6 Å². The highest BCUT2D eigenvalue weighted by molar-refractivity contribution is 9.09. The molecule has 5 heteroatoms. The largest absolute Gasteiger partial charge is 0.507 e. The van der Waals surface area contributed by atoms with E-state index >= 15 is 0 Å². The minimum atomic E-state index is -0.421. The fourth-order valence-electron chi connectivity index (χ4n) is 2.66. The van der Waals surface area contributed by atoms with Gasteiger partial charge in [0.1, 0.15) is 17.1 Å². The number of benzene rings is 1. The number of carbonyl (C=O) groups is 1. The molecule has 104 valence electrons. The zero-order valence-electron chi connectivity index (χ0n) is 10.6. The number of aromatic hydroxyl groups is 2. The van der Waals surface area contributed by atoms with Crippen LogP contribution >= 0.6 is 15.9 Å². The number of phenols is 2. The Morgan fingerprint density at radius 3 is 2.53 bits per heavy atom. The van der Waals surface area contributed by atoms with Crippen LogP contribution in [0.1, 0.15) is 29.6 Å². The van der Waals surface area contributed by atoms with Gasteiger partial charge in [0.05, 0.1) is 0 Å². The quantitative estimate of drug-likeness (QED) is 0.744. The molecule has 0 radical (unpaired) electrons. The van der Waals surface area contributed by atoms with Crippen LogP contribution < -0.4 is 5.32 Å². The maximum absolute atomic E-state index is 12.0. The van der Waals surface area contributed by atoms with Crippen LogP contribution in [-0.2, 0) is 0 Å². The predicted octanol–water partition coefficient (Wildman–Crippen LogP) is 2.64. The molecular weight excluding hydrogens is 310 g/mol. The molecule has 1 aromatic rings. The Balaban J connectivity index is 1.98. The molecule has 2 atom stereocenters. The molecule has 1 aliphatic rings. The third kappa shape index (κ3) is 3.21. The second kappa shape index (κ2) is 6.28. The van der Waals surface area contributed by atoms with E-state index in [2.05, 4.69) is 21.2 Å².